The Kier molecular flexibility index (Phi) is 4.43. The van der Waals surface area contributed by atoms with E-state index < -0.39 is 4.92 Å². The Bertz CT molecular complexity index is 589. The minimum absolute atomic E-state index is 0.0458. The van der Waals surface area contributed by atoms with E-state index >= 15 is 0 Å². The third-order valence-electron chi connectivity index (χ3n) is 2.61. The zero-order chi connectivity index (χ0) is 14.4. The molecule has 0 amide bonds. The van der Waals surface area contributed by atoms with Crippen LogP contribution >= 0.6 is 0 Å². The second-order valence-corrected chi connectivity index (χ2v) is 4.07. The standard InChI is InChI=1S/C13H15N5O2/c1-2-15-12-6-5-11(18(19)20)13(17-12)16-9-10-4-3-7-14-8-10/h3-8H,2,9H2,1H3,(H2,15,16,17). The molecule has 0 unspecified atom stereocenters. The van der Waals surface area contributed by atoms with Crippen LogP contribution in [0.4, 0.5) is 17.3 Å². The van der Waals surface area contributed by atoms with E-state index in [1.165, 1.54) is 6.07 Å². The molecule has 7 nitrogen and oxygen atoms in total. The normalized spacial score (nSPS) is 10.1. The van der Waals surface area contributed by atoms with Crippen molar-refractivity contribution in [3.63, 3.8) is 0 Å². The van der Waals surface area contributed by atoms with E-state index in [1.807, 2.05) is 19.1 Å². The molecule has 0 aliphatic carbocycles. The van der Waals surface area contributed by atoms with Crippen molar-refractivity contribution in [2.45, 2.75) is 13.5 Å². The van der Waals surface area contributed by atoms with Crippen LogP contribution in [0.2, 0.25) is 0 Å². The van der Waals surface area contributed by atoms with Gasteiger partial charge in [0.1, 0.15) is 5.82 Å². The number of hydrogen-bond acceptors (Lipinski definition) is 6. The number of pyridine rings is 2. The maximum Gasteiger partial charge on any atom is 0.311 e. The molecule has 2 aromatic heterocycles. The van der Waals surface area contributed by atoms with Crippen molar-refractivity contribution in [3.8, 4) is 0 Å². The molecule has 0 spiro atoms. The average Bonchev–Trinajstić information content (AvgIpc) is 2.46. The van der Waals surface area contributed by atoms with E-state index in [1.54, 1.807) is 18.5 Å². The van der Waals surface area contributed by atoms with E-state index in [0.717, 1.165) is 5.56 Å². The fraction of sp³-hybridized carbons (Fsp3) is 0.231. The fourth-order valence-electron chi connectivity index (χ4n) is 1.70. The lowest BCUT2D eigenvalue weighted by molar-refractivity contribution is -0.384. The maximum atomic E-state index is 11.0. The summed E-state index contributed by atoms with van der Waals surface area (Å²) in [7, 11) is 0. The maximum absolute atomic E-state index is 11.0. The zero-order valence-corrected chi connectivity index (χ0v) is 11.0. The molecule has 0 atom stereocenters. The van der Waals surface area contributed by atoms with Crippen molar-refractivity contribution < 1.29 is 4.92 Å². The lowest BCUT2D eigenvalue weighted by Gasteiger charge is -2.08. The molecule has 0 saturated heterocycles. The molecular formula is C13H15N5O2. The first kappa shape index (κ1) is 13.7. The van der Waals surface area contributed by atoms with Gasteiger partial charge in [0.2, 0.25) is 5.82 Å². The topological polar surface area (TPSA) is 93.0 Å². The number of nitrogens with one attached hydrogen (secondary N) is 2. The predicted molar refractivity (Wildman–Crippen MR) is 76.6 cm³/mol. The summed E-state index contributed by atoms with van der Waals surface area (Å²) in [5, 5.41) is 17.0. The summed E-state index contributed by atoms with van der Waals surface area (Å²) in [6.45, 7) is 3.07. The molecule has 0 aliphatic rings. The molecule has 2 N–H and O–H groups in total. The number of nitrogens with zero attached hydrogens (tertiary/aromatic N) is 3. The van der Waals surface area contributed by atoms with Crippen molar-refractivity contribution in [1.29, 1.82) is 0 Å². The second-order valence-electron chi connectivity index (χ2n) is 4.07. The van der Waals surface area contributed by atoms with Crippen molar-refractivity contribution in [1.82, 2.24) is 9.97 Å². The third-order valence-corrected chi connectivity index (χ3v) is 2.61. The van der Waals surface area contributed by atoms with Crippen molar-refractivity contribution >= 4 is 17.3 Å². The smallest absolute Gasteiger partial charge is 0.311 e. The van der Waals surface area contributed by atoms with E-state index in [0.29, 0.717) is 18.9 Å². The van der Waals surface area contributed by atoms with Crippen LogP contribution in [0.15, 0.2) is 36.7 Å². The Morgan fingerprint density at radius 1 is 1.30 bits per heavy atom. The van der Waals surface area contributed by atoms with Gasteiger partial charge in [0.25, 0.3) is 0 Å². The summed E-state index contributed by atoms with van der Waals surface area (Å²) in [6, 6.07) is 6.74. The third kappa shape index (κ3) is 3.41. The molecule has 0 fully saturated rings. The molecular weight excluding hydrogens is 258 g/mol. The highest BCUT2D eigenvalue weighted by Crippen LogP contribution is 2.24. The number of anilines is 2. The van der Waals surface area contributed by atoms with Crippen LogP contribution in [0, 0.1) is 10.1 Å². The van der Waals surface area contributed by atoms with Gasteiger partial charge in [-0.25, -0.2) is 4.98 Å². The lowest BCUT2D eigenvalue weighted by atomic mass is 10.3. The minimum atomic E-state index is -0.450. The summed E-state index contributed by atoms with van der Waals surface area (Å²) in [6.07, 6.45) is 3.38. The Hall–Kier alpha value is -2.70. The van der Waals surface area contributed by atoms with E-state index in [4.69, 9.17) is 0 Å². The first-order valence-corrected chi connectivity index (χ1v) is 6.22. The predicted octanol–water partition coefficient (Wildman–Crippen LogP) is 2.43. The van der Waals surface area contributed by atoms with E-state index in [2.05, 4.69) is 20.6 Å². The quantitative estimate of drug-likeness (QED) is 0.620. The van der Waals surface area contributed by atoms with Gasteiger partial charge in [0.05, 0.1) is 4.92 Å². The van der Waals surface area contributed by atoms with Crippen LogP contribution in [0.25, 0.3) is 0 Å². The molecule has 0 aliphatic heterocycles. The summed E-state index contributed by atoms with van der Waals surface area (Å²) in [5.74, 6) is 0.851. The van der Waals surface area contributed by atoms with Crippen LogP contribution < -0.4 is 10.6 Å². The van der Waals surface area contributed by atoms with Gasteiger partial charge in [-0.15, -0.1) is 0 Å². The first-order valence-electron chi connectivity index (χ1n) is 6.22. The highest BCUT2D eigenvalue weighted by atomic mass is 16.6. The largest absolute Gasteiger partial charge is 0.370 e. The number of aromatic nitrogens is 2. The highest BCUT2D eigenvalue weighted by molar-refractivity contribution is 5.60. The SMILES string of the molecule is CCNc1ccc([N+](=O)[O-])c(NCc2cccnc2)n1. The molecule has 0 saturated carbocycles. The molecule has 0 bridgehead atoms. The zero-order valence-electron chi connectivity index (χ0n) is 11.0. The Morgan fingerprint density at radius 2 is 2.15 bits per heavy atom. The monoisotopic (exact) mass is 273 g/mol. The van der Waals surface area contributed by atoms with Crippen LogP contribution in [0.5, 0.6) is 0 Å². The van der Waals surface area contributed by atoms with Gasteiger partial charge >= 0.3 is 5.69 Å². The van der Waals surface area contributed by atoms with Crippen molar-refractivity contribution in [2.75, 3.05) is 17.2 Å². The van der Waals surface area contributed by atoms with Gasteiger partial charge < -0.3 is 10.6 Å². The second kappa shape index (κ2) is 6.46. The molecule has 2 rings (SSSR count). The number of rotatable bonds is 6. The van der Waals surface area contributed by atoms with Crippen LogP contribution in [0.1, 0.15) is 12.5 Å². The average molecular weight is 273 g/mol. The summed E-state index contributed by atoms with van der Waals surface area (Å²) in [5.41, 5.74) is 0.882. The Labute approximate surface area is 116 Å². The molecule has 0 aromatic carbocycles. The van der Waals surface area contributed by atoms with Crippen LogP contribution in [-0.4, -0.2) is 21.4 Å². The van der Waals surface area contributed by atoms with Gasteiger partial charge in [-0.2, -0.15) is 0 Å². The Balaban J connectivity index is 2.19. The van der Waals surface area contributed by atoms with Crippen molar-refractivity contribution in [3.05, 3.63) is 52.3 Å². The first-order chi connectivity index (χ1) is 9.70. The number of hydrogen-bond donors (Lipinski definition) is 2. The summed E-state index contributed by atoms with van der Waals surface area (Å²) in [4.78, 5) is 18.8. The van der Waals surface area contributed by atoms with Gasteiger partial charge in [-0.05, 0) is 24.6 Å². The molecule has 2 heterocycles. The molecule has 2 aromatic rings. The highest BCUT2D eigenvalue weighted by Gasteiger charge is 2.15. The molecule has 0 radical (unpaired) electrons. The lowest BCUT2D eigenvalue weighted by Crippen LogP contribution is -2.07. The Morgan fingerprint density at radius 3 is 2.80 bits per heavy atom. The van der Waals surface area contributed by atoms with Crippen molar-refractivity contribution in [2.24, 2.45) is 0 Å². The van der Waals surface area contributed by atoms with Gasteiger partial charge in [0, 0.05) is 31.5 Å². The van der Waals surface area contributed by atoms with E-state index in [9.17, 15) is 10.1 Å². The number of nitro groups is 1. The van der Waals surface area contributed by atoms with E-state index in [-0.39, 0.29) is 11.5 Å². The summed E-state index contributed by atoms with van der Waals surface area (Å²) < 4.78 is 0. The minimum Gasteiger partial charge on any atom is -0.370 e. The van der Waals surface area contributed by atoms with Crippen LogP contribution in [-0.2, 0) is 6.54 Å². The summed E-state index contributed by atoms with van der Waals surface area (Å²) >= 11 is 0. The van der Waals surface area contributed by atoms with Gasteiger partial charge in [-0.3, -0.25) is 15.1 Å². The van der Waals surface area contributed by atoms with Gasteiger partial charge in [0.15, 0.2) is 0 Å². The van der Waals surface area contributed by atoms with Crippen LogP contribution in [0.3, 0.4) is 0 Å². The molecule has 7 heteroatoms. The molecule has 20 heavy (non-hydrogen) atoms. The molecule has 104 valence electrons. The fourth-order valence-corrected chi connectivity index (χ4v) is 1.70. The van der Waals surface area contributed by atoms with Gasteiger partial charge in [-0.1, -0.05) is 6.07 Å².